The van der Waals surface area contributed by atoms with Crippen LogP contribution in [0.5, 0.6) is 0 Å². The van der Waals surface area contributed by atoms with Gasteiger partial charge in [0, 0.05) is 11.8 Å². The van der Waals surface area contributed by atoms with Gasteiger partial charge >= 0.3 is 0 Å². The summed E-state index contributed by atoms with van der Waals surface area (Å²) in [7, 11) is 0. The Morgan fingerprint density at radius 1 is 1.15 bits per heavy atom. The fourth-order valence-electron chi connectivity index (χ4n) is 6.67. The number of Topliss-reactive ketones (excluding diaryl/α,β-unsaturated/α-hetero) is 1. The molecule has 5 atom stereocenters. The number of carbonyl (C=O) groups excluding carboxylic acids is 2. The number of carbonyl (C=O) groups is 2. The quantitative estimate of drug-likeness (QED) is 0.765. The molecule has 0 aromatic heterocycles. The molecule has 0 amide bonds. The van der Waals surface area contributed by atoms with Gasteiger partial charge in [0.15, 0.2) is 11.6 Å². The largest absolute Gasteiger partial charge is 0.386 e. The molecular weight excluding hydrogens is 348 g/mol. The number of hydrogen-bond donors (Lipinski definition) is 1. The molecule has 1 unspecified atom stereocenters. The molecule has 26 heavy (non-hydrogen) atoms. The zero-order valence-corrected chi connectivity index (χ0v) is 17.0. The Bertz CT molecular complexity index is 704. The average Bonchev–Trinajstić information content (AvgIpc) is 2.86. The Morgan fingerprint density at radius 3 is 2.58 bits per heavy atom. The Morgan fingerprint density at radius 2 is 1.88 bits per heavy atom. The third-order valence-electron chi connectivity index (χ3n) is 8.26. The first kappa shape index (κ1) is 19.8. The number of allylic oxidation sites excluding steroid dienone is 4. The number of hydrogen-bond acceptors (Lipinski definition) is 3. The van der Waals surface area contributed by atoms with Crippen molar-refractivity contribution in [3.05, 3.63) is 22.8 Å². The number of rotatable bonds is 2. The van der Waals surface area contributed by atoms with E-state index in [-0.39, 0.29) is 29.4 Å². The first-order chi connectivity index (χ1) is 11.8. The van der Waals surface area contributed by atoms with Crippen LogP contribution < -0.4 is 0 Å². The SMILES string of the molecule is C[C@H](O)C(=O)[C@@]1(C)CCC2[C@@H]3CCC4=CC(=O)CCC4=C3CC[C@@]21C.Cl. The van der Waals surface area contributed by atoms with Gasteiger partial charge in [-0.15, -0.1) is 12.4 Å². The maximum absolute atomic E-state index is 12.8. The molecule has 0 bridgehead atoms. The van der Waals surface area contributed by atoms with E-state index >= 15 is 0 Å². The van der Waals surface area contributed by atoms with Crippen LogP contribution in [0.2, 0.25) is 0 Å². The standard InChI is InChI=1S/C22H30O3.ClH/c1-13(23)20(25)22(3)11-9-19-18-6-4-14-12-15(24)5-7-16(14)17(18)8-10-21(19,22)2;/h12-13,18-19,23H,4-11H2,1-3H3;1H/t13-,18+,19?,21-,22+;/m0./s1. The van der Waals surface area contributed by atoms with Gasteiger partial charge in [-0.3, -0.25) is 9.59 Å². The molecule has 0 aromatic rings. The van der Waals surface area contributed by atoms with E-state index in [1.807, 2.05) is 6.08 Å². The summed E-state index contributed by atoms with van der Waals surface area (Å²) in [4.78, 5) is 24.6. The van der Waals surface area contributed by atoms with Gasteiger partial charge in [-0.2, -0.15) is 0 Å². The second-order valence-electron chi connectivity index (χ2n) is 9.22. The number of fused-ring (bicyclic) bond motifs is 4. The molecule has 0 aromatic carbocycles. The van der Waals surface area contributed by atoms with Crippen LogP contribution in [-0.4, -0.2) is 22.8 Å². The first-order valence-electron chi connectivity index (χ1n) is 9.96. The van der Waals surface area contributed by atoms with Gasteiger partial charge in [0.25, 0.3) is 0 Å². The van der Waals surface area contributed by atoms with Crippen LogP contribution in [0.3, 0.4) is 0 Å². The van der Waals surface area contributed by atoms with Crippen molar-refractivity contribution in [2.45, 2.75) is 78.2 Å². The molecule has 4 aliphatic carbocycles. The molecule has 2 fully saturated rings. The van der Waals surface area contributed by atoms with E-state index in [4.69, 9.17) is 0 Å². The van der Waals surface area contributed by atoms with Crippen molar-refractivity contribution in [2.75, 3.05) is 0 Å². The molecule has 2 saturated carbocycles. The van der Waals surface area contributed by atoms with Crippen LogP contribution in [0.1, 0.15) is 72.1 Å². The van der Waals surface area contributed by atoms with E-state index < -0.39 is 11.5 Å². The number of halogens is 1. The molecular formula is C22H31ClO3. The maximum Gasteiger partial charge on any atom is 0.167 e. The minimum absolute atomic E-state index is 0. The highest BCUT2D eigenvalue weighted by molar-refractivity contribution is 5.93. The fraction of sp³-hybridized carbons (Fsp3) is 0.727. The topological polar surface area (TPSA) is 54.4 Å². The summed E-state index contributed by atoms with van der Waals surface area (Å²) in [6.07, 6.45) is 8.82. The van der Waals surface area contributed by atoms with Crippen LogP contribution in [0.4, 0.5) is 0 Å². The summed E-state index contributed by atoms with van der Waals surface area (Å²) in [6.45, 7) is 6.03. The Hall–Kier alpha value is -0.930. The van der Waals surface area contributed by atoms with Gasteiger partial charge in [0.1, 0.15) is 6.10 Å². The lowest BCUT2D eigenvalue weighted by molar-refractivity contribution is -0.144. The summed E-state index contributed by atoms with van der Waals surface area (Å²) in [5, 5.41) is 9.96. The van der Waals surface area contributed by atoms with Crippen molar-refractivity contribution in [3.8, 4) is 0 Å². The van der Waals surface area contributed by atoms with E-state index in [2.05, 4.69) is 13.8 Å². The zero-order chi connectivity index (χ0) is 18.0. The van der Waals surface area contributed by atoms with Crippen LogP contribution >= 0.6 is 12.4 Å². The highest BCUT2D eigenvalue weighted by atomic mass is 35.5. The van der Waals surface area contributed by atoms with Gasteiger partial charge in [-0.25, -0.2) is 0 Å². The van der Waals surface area contributed by atoms with Gasteiger partial charge in [-0.1, -0.05) is 19.4 Å². The normalized spacial score (nSPS) is 40.0. The third kappa shape index (κ3) is 2.57. The van der Waals surface area contributed by atoms with Crippen molar-refractivity contribution in [1.29, 1.82) is 0 Å². The van der Waals surface area contributed by atoms with Gasteiger partial charge in [0.05, 0.1) is 0 Å². The summed E-state index contributed by atoms with van der Waals surface area (Å²) in [5.41, 5.74) is 3.96. The summed E-state index contributed by atoms with van der Waals surface area (Å²) in [5.74, 6) is 1.43. The number of ketones is 2. The van der Waals surface area contributed by atoms with Gasteiger partial charge < -0.3 is 5.11 Å². The van der Waals surface area contributed by atoms with Crippen LogP contribution in [0, 0.1) is 22.7 Å². The lowest BCUT2D eigenvalue weighted by Crippen LogP contribution is -2.50. The molecule has 1 N–H and O–H groups in total. The second-order valence-corrected chi connectivity index (χ2v) is 9.22. The highest BCUT2D eigenvalue weighted by Crippen LogP contribution is 2.67. The molecule has 0 aliphatic heterocycles. The predicted octanol–water partition coefficient (Wildman–Crippen LogP) is 4.57. The summed E-state index contributed by atoms with van der Waals surface area (Å²) in [6, 6.07) is 0. The van der Waals surface area contributed by atoms with Crippen molar-refractivity contribution in [3.63, 3.8) is 0 Å². The average molecular weight is 379 g/mol. The van der Waals surface area contributed by atoms with Crippen LogP contribution in [-0.2, 0) is 9.59 Å². The molecule has 3 nitrogen and oxygen atoms in total. The minimum Gasteiger partial charge on any atom is -0.386 e. The van der Waals surface area contributed by atoms with Crippen molar-refractivity contribution in [1.82, 2.24) is 0 Å². The van der Waals surface area contributed by atoms with Crippen molar-refractivity contribution in [2.24, 2.45) is 22.7 Å². The van der Waals surface area contributed by atoms with E-state index in [0.717, 1.165) is 44.9 Å². The number of aliphatic hydroxyl groups excluding tert-OH is 1. The molecule has 0 saturated heterocycles. The zero-order valence-electron chi connectivity index (χ0n) is 16.1. The molecule has 144 valence electrons. The van der Waals surface area contributed by atoms with E-state index in [0.29, 0.717) is 18.3 Å². The third-order valence-corrected chi connectivity index (χ3v) is 8.26. The minimum atomic E-state index is -0.870. The lowest BCUT2D eigenvalue weighted by Gasteiger charge is -2.52. The first-order valence-corrected chi connectivity index (χ1v) is 9.96. The summed E-state index contributed by atoms with van der Waals surface area (Å²) < 4.78 is 0. The molecule has 4 heteroatoms. The Kier molecular flexibility index (Phi) is 5.03. The Balaban J connectivity index is 0.00000196. The van der Waals surface area contributed by atoms with Crippen molar-refractivity contribution >= 4 is 24.0 Å². The van der Waals surface area contributed by atoms with Crippen LogP contribution in [0.25, 0.3) is 0 Å². The van der Waals surface area contributed by atoms with Crippen molar-refractivity contribution < 1.29 is 14.7 Å². The molecule has 0 heterocycles. The van der Waals surface area contributed by atoms with E-state index in [9.17, 15) is 14.7 Å². The predicted molar refractivity (Wildman–Crippen MR) is 104 cm³/mol. The van der Waals surface area contributed by atoms with E-state index in [1.165, 1.54) is 11.1 Å². The maximum atomic E-state index is 12.8. The molecule has 4 aliphatic rings. The fourth-order valence-corrected chi connectivity index (χ4v) is 6.67. The molecule has 4 rings (SSSR count). The molecule has 0 radical (unpaired) electrons. The smallest absolute Gasteiger partial charge is 0.167 e. The molecule has 0 spiro atoms. The van der Waals surface area contributed by atoms with E-state index in [1.54, 1.807) is 12.5 Å². The van der Waals surface area contributed by atoms with Gasteiger partial charge in [-0.05, 0) is 86.3 Å². The Labute approximate surface area is 162 Å². The van der Waals surface area contributed by atoms with Crippen LogP contribution in [0.15, 0.2) is 22.8 Å². The summed E-state index contributed by atoms with van der Waals surface area (Å²) >= 11 is 0. The monoisotopic (exact) mass is 378 g/mol. The highest BCUT2D eigenvalue weighted by Gasteiger charge is 2.62. The van der Waals surface area contributed by atoms with Gasteiger partial charge in [0.2, 0.25) is 0 Å². The second kappa shape index (κ2) is 6.60. The lowest BCUT2D eigenvalue weighted by atomic mass is 9.51. The number of aliphatic hydroxyl groups is 1.